The summed E-state index contributed by atoms with van der Waals surface area (Å²) in [5.74, 6) is 1.11. The molecule has 0 amide bonds. The molecule has 3 nitrogen and oxygen atoms in total. The number of methoxy groups -OCH3 is 1. The molecule has 3 heteroatoms. The summed E-state index contributed by atoms with van der Waals surface area (Å²) in [5.41, 5.74) is 1.19. The van der Waals surface area contributed by atoms with Crippen molar-refractivity contribution in [2.75, 3.05) is 20.3 Å². The van der Waals surface area contributed by atoms with Crippen LogP contribution in [0.25, 0.3) is 0 Å². The van der Waals surface area contributed by atoms with Gasteiger partial charge in [0.25, 0.3) is 0 Å². The largest absolute Gasteiger partial charge is 0.497 e. The highest BCUT2D eigenvalue weighted by Crippen LogP contribution is 2.17. The predicted molar refractivity (Wildman–Crippen MR) is 73.0 cm³/mol. The predicted octanol–water partition coefficient (Wildman–Crippen LogP) is 2.66. The lowest BCUT2D eigenvalue weighted by atomic mass is 9.97. The second-order valence-electron chi connectivity index (χ2n) is 4.81. The maximum atomic E-state index is 9.39. The zero-order chi connectivity index (χ0) is 13.4. The summed E-state index contributed by atoms with van der Waals surface area (Å²) in [7, 11) is 1.67. The Hall–Kier alpha value is -1.06. The Balaban J connectivity index is 2.46. The van der Waals surface area contributed by atoms with Gasteiger partial charge in [0.05, 0.1) is 13.2 Å². The molecule has 0 aromatic heterocycles. The molecule has 1 N–H and O–H groups in total. The molecule has 0 aliphatic carbocycles. The Morgan fingerprint density at radius 2 is 2.06 bits per heavy atom. The number of hydrogen-bond acceptors (Lipinski definition) is 3. The Labute approximate surface area is 110 Å². The maximum absolute atomic E-state index is 9.39. The summed E-state index contributed by atoms with van der Waals surface area (Å²) in [5, 5.41) is 9.39. The number of hydrogen-bond donors (Lipinski definition) is 1. The first kappa shape index (κ1) is 15.0. The Kier molecular flexibility index (Phi) is 6.76. The van der Waals surface area contributed by atoms with Crippen molar-refractivity contribution in [2.24, 2.45) is 5.92 Å². The SMILES string of the molecule is COc1cccc(CC(CO)CCOC(C)C)c1. The zero-order valence-corrected chi connectivity index (χ0v) is 11.6. The second-order valence-corrected chi connectivity index (χ2v) is 4.81. The summed E-state index contributed by atoms with van der Waals surface area (Å²) >= 11 is 0. The van der Waals surface area contributed by atoms with E-state index in [0.29, 0.717) is 6.61 Å². The third-order valence-electron chi connectivity index (χ3n) is 2.89. The van der Waals surface area contributed by atoms with E-state index >= 15 is 0 Å². The van der Waals surface area contributed by atoms with Gasteiger partial charge >= 0.3 is 0 Å². The standard InChI is InChI=1S/C15H24O3/c1-12(2)18-8-7-14(11-16)9-13-5-4-6-15(10-13)17-3/h4-6,10,12,14,16H,7-9,11H2,1-3H3. The highest BCUT2D eigenvalue weighted by atomic mass is 16.5. The van der Waals surface area contributed by atoms with Crippen LogP contribution in [0.4, 0.5) is 0 Å². The topological polar surface area (TPSA) is 38.7 Å². The number of aliphatic hydroxyl groups is 1. The molecule has 0 heterocycles. The monoisotopic (exact) mass is 252 g/mol. The molecule has 1 aromatic carbocycles. The Bertz CT molecular complexity index is 336. The summed E-state index contributed by atoms with van der Waals surface area (Å²) in [6.45, 7) is 4.94. The molecular weight excluding hydrogens is 228 g/mol. The van der Waals surface area contributed by atoms with Gasteiger partial charge in [-0.15, -0.1) is 0 Å². The molecule has 1 aromatic rings. The first-order chi connectivity index (χ1) is 8.65. The average molecular weight is 252 g/mol. The third-order valence-corrected chi connectivity index (χ3v) is 2.89. The zero-order valence-electron chi connectivity index (χ0n) is 11.6. The second kappa shape index (κ2) is 8.11. The van der Waals surface area contributed by atoms with Crippen molar-refractivity contribution in [3.8, 4) is 5.75 Å². The molecule has 0 saturated heterocycles. The van der Waals surface area contributed by atoms with Gasteiger partial charge in [0, 0.05) is 13.2 Å². The molecule has 0 bridgehead atoms. The van der Waals surface area contributed by atoms with Crippen LogP contribution in [-0.2, 0) is 11.2 Å². The summed E-state index contributed by atoms with van der Waals surface area (Å²) in [4.78, 5) is 0. The van der Waals surface area contributed by atoms with E-state index in [0.717, 1.165) is 18.6 Å². The Morgan fingerprint density at radius 3 is 2.67 bits per heavy atom. The van der Waals surface area contributed by atoms with E-state index in [-0.39, 0.29) is 18.6 Å². The van der Waals surface area contributed by atoms with Gasteiger partial charge in [-0.05, 0) is 50.3 Å². The average Bonchev–Trinajstić information content (AvgIpc) is 2.37. The molecule has 0 aliphatic heterocycles. The summed E-state index contributed by atoms with van der Waals surface area (Å²) in [6, 6.07) is 7.99. The van der Waals surface area contributed by atoms with E-state index in [1.165, 1.54) is 5.56 Å². The van der Waals surface area contributed by atoms with Crippen LogP contribution in [0.5, 0.6) is 5.75 Å². The van der Waals surface area contributed by atoms with E-state index in [4.69, 9.17) is 9.47 Å². The molecule has 1 unspecified atom stereocenters. The Morgan fingerprint density at radius 1 is 1.28 bits per heavy atom. The smallest absolute Gasteiger partial charge is 0.119 e. The van der Waals surface area contributed by atoms with Crippen LogP contribution in [0.2, 0.25) is 0 Å². The molecule has 18 heavy (non-hydrogen) atoms. The highest BCUT2D eigenvalue weighted by molar-refractivity contribution is 5.28. The lowest BCUT2D eigenvalue weighted by Gasteiger charge is -2.16. The van der Waals surface area contributed by atoms with Crippen LogP contribution in [0.15, 0.2) is 24.3 Å². The first-order valence-corrected chi connectivity index (χ1v) is 6.51. The fraction of sp³-hybridized carbons (Fsp3) is 0.600. The van der Waals surface area contributed by atoms with Gasteiger partial charge in [0.2, 0.25) is 0 Å². The molecular formula is C15H24O3. The molecule has 0 fully saturated rings. The molecule has 0 aliphatic rings. The summed E-state index contributed by atoms with van der Waals surface area (Å²) < 4.78 is 10.7. The maximum Gasteiger partial charge on any atom is 0.119 e. The molecule has 1 rings (SSSR count). The van der Waals surface area contributed by atoms with Crippen LogP contribution < -0.4 is 4.74 Å². The van der Waals surface area contributed by atoms with Gasteiger partial charge in [0.1, 0.15) is 5.75 Å². The first-order valence-electron chi connectivity index (χ1n) is 6.51. The van der Waals surface area contributed by atoms with Crippen molar-refractivity contribution in [1.82, 2.24) is 0 Å². The van der Waals surface area contributed by atoms with Crippen molar-refractivity contribution in [2.45, 2.75) is 32.8 Å². The minimum absolute atomic E-state index is 0.193. The minimum atomic E-state index is 0.193. The van der Waals surface area contributed by atoms with Crippen LogP contribution in [-0.4, -0.2) is 31.5 Å². The minimum Gasteiger partial charge on any atom is -0.497 e. The number of ether oxygens (including phenoxy) is 2. The van der Waals surface area contributed by atoms with E-state index in [2.05, 4.69) is 6.07 Å². The van der Waals surface area contributed by atoms with Crippen LogP contribution >= 0.6 is 0 Å². The van der Waals surface area contributed by atoms with Gasteiger partial charge in [-0.1, -0.05) is 12.1 Å². The van der Waals surface area contributed by atoms with Crippen LogP contribution in [0, 0.1) is 5.92 Å². The fourth-order valence-corrected chi connectivity index (χ4v) is 1.86. The normalized spacial score (nSPS) is 12.7. The molecule has 0 radical (unpaired) electrons. The fourth-order valence-electron chi connectivity index (χ4n) is 1.86. The van der Waals surface area contributed by atoms with Gasteiger partial charge < -0.3 is 14.6 Å². The van der Waals surface area contributed by atoms with Crippen molar-refractivity contribution in [3.05, 3.63) is 29.8 Å². The van der Waals surface area contributed by atoms with Gasteiger partial charge in [-0.25, -0.2) is 0 Å². The van der Waals surface area contributed by atoms with Gasteiger partial charge in [-0.2, -0.15) is 0 Å². The number of rotatable bonds is 8. The van der Waals surface area contributed by atoms with E-state index < -0.39 is 0 Å². The van der Waals surface area contributed by atoms with E-state index in [9.17, 15) is 5.11 Å². The van der Waals surface area contributed by atoms with Gasteiger partial charge in [0.15, 0.2) is 0 Å². The molecule has 0 spiro atoms. The number of benzene rings is 1. The van der Waals surface area contributed by atoms with Crippen molar-refractivity contribution in [1.29, 1.82) is 0 Å². The van der Waals surface area contributed by atoms with Crippen molar-refractivity contribution >= 4 is 0 Å². The van der Waals surface area contributed by atoms with Crippen molar-refractivity contribution < 1.29 is 14.6 Å². The molecule has 1 atom stereocenters. The third kappa shape index (κ3) is 5.52. The van der Waals surface area contributed by atoms with Crippen LogP contribution in [0.3, 0.4) is 0 Å². The summed E-state index contributed by atoms with van der Waals surface area (Å²) in [6.07, 6.45) is 1.99. The number of aliphatic hydroxyl groups excluding tert-OH is 1. The molecule has 102 valence electrons. The van der Waals surface area contributed by atoms with E-state index in [1.807, 2.05) is 32.0 Å². The van der Waals surface area contributed by atoms with E-state index in [1.54, 1.807) is 7.11 Å². The highest BCUT2D eigenvalue weighted by Gasteiger charge is 2.09. The van der Waals surface area contributed by atoms with Crippen molar-refractivity contribution in [3.63, 3.8) is 0 Å². The lowest BCUT2D eigenvalue weighted by molar-refractivity contribution is 0.0612. The quantitative estimate of drug-likeness (QED) is 0.773. The van der Waals surface area contributed by atoms with Gasteiger partial charge in [-0.3, -0.25) is 0 Å². The van der Waals surface area contributed by atoms with Crippen LogP contribution in [0.1, 0.15) is 25.8 Å². The lowest BCUT2D eigenvalue weighted by Crippen LogP contribution is -2.14. The molecule has 0 saturated carbocycles.